The first-order valence-corrected chi connectivity index (χ1v) is 7.28. The Morgan fingerprint density at radius 3 is 2.50 bits per heavy atom. The van der Waals surface area contributed by atoms with Crippen LogP contribution < -0.4 is 10.6 Å². The zero-order chi connectivity index (χ0) is 14.3. The molecule has 0 fully saturated rings. The zero-order valence-corrected chi connectivity index (χ0v) is 12.5. The van der Waals surface area contributed by atoms with Crippen LogP contribution >= 0.6 is 0 Å². The molecule has 20 heavy (non-hydrogen) atoms. The summed E-state index contributed by atoms with van der Waals surface area (Å²) in [6.07, 6.45) is 0. The van der Waals surface area contributed by atoms with Crippen molar-refractivity contribution in [3.8, 4) is 0 Å². The number of rotatable bonds is 2. The fourth-order valence-electron chi connectivity index (χ4n) is 3.19. The zero-order valence-electron chi connectivity index (χ0n) is 12.5. The van der Waals surface area contributed by atoms with Crippen LogP contribution in [0, 0.1) is 6.92 Å². The Morgan fingerprint density at radius 2 is 1.80 bits per heavy atom. The van der Waals surface area contributed by atoms with Gasteiger partial charge in [-0.25, -0.2) is 0 Å². The van der Waals surface area contributed by atoms with Gasteiger partial charge in [0.05, 0.1) is 0 Å². The van der Waals surface area contributed by atoms with Crippen LogP contribution in [0.2, 0.25) is 0 Å². The van der Waals surface area contributed by atoms with Crippen LogP contribution in [0.15, 0.2) is 36.4 Å². The third-order valence-corrected chi connectivity index (χ3v) is 4.23. The van der Waals surface area contributed by atoms with Crippen LogP contribution in [0.25, 0.3) is 0 Å². The standard InChI is InChI=1S/C18H22N2/c1-12(2)15-8-4-6-13(3)18(15)20-10-14-7-5-9-17(19)16(14)11-20/h4-9,12H,10-11,19H2,1-3H3. The van der Waals surface area contributed by atoms with Gasteiger partial charge in [0.25, 0.3) is 0 Å². The Labute approximate surface area is 121 Å². The summed E-state index contributed by atoms with van der Waals surface area (Å²) in [5.41, 5.74) is 13.9. The maximum atomic E-state index is 6.12. The Bertz CT molecular complexity index is 644. The molecule has 0 bridgehead atoms. The van der Waals surface area contributed by atoms with Crippen molar-refractivity contribution in [2.75, 3.05) is 10.6 Å². The SMILES string of the molecule is Cc1cccc(C(C)C)c1N1Cc2cccc(N)c2C1. The lowest BCUT2D eigenvalue weighted by Crippen LogP contribution is -2.18. The van der Waals surface area contributed by atoms with E-state index in [2.05, 4.69) is 56.0 Å². The highest BCUT2D eigenvalue weighted by Gasteiger charge is 2.24. The quantitative estimate of drug-likeness (QED) is 0.825. The van der Waals surface area contributed by atoms with E-state index >= 15 is 0 Å². The summed E-state index contributed by atoms with van der Waals surface area (Å²) in [4.78, 5) is 2.46. The highest BCUT2D eigenvalue weighted by Crippen LogP contribution is 2.37. The first-order chi connectivity index (χ1) is 9.58. The van der Waals surface area contributed by atoms with Gasteiger partial charge in [-0.3, -0.25) is 0 Å². The number of benzene rings is 2. The fraction of sp³-hybridized carbons (Fsp3) is 0.333. The molecule has 0 atom stereocenters. The summed E-state index contributed by atoms with van der Waals surface area (Å²) in [7, 11) is 0. The monoisotopic (exact) mass is 266 g/mol. The lowest BCUT2D eigenvalue weighted by atomic mass is 9.97. The highest BCUT2D eigenvalue weighted by molar-refractivity contribution is 5.65. The van der Waals surface area contributed by atoms with Gasteiger partial charge in [0, 0.05) is 24.5 Å². The largest absolute Gasteiger partial charge is 0.398 e. The van der Waals surface area contributed by atoms with Crippen molar-refractivity contribution in [2.24, 2.45) is 0 Å². The number of nitrogens with zero attached hydrogens (tertiary/aromatic N) is 1. The van der Waals surface area contributed by atoms with Gasteiger partial charge in [-0.15, -0.1) is 0 Å². The molecule has 0 unspecified atom stereocenters. The third kappa shape index (κ3) is 2.05. The second-order valence-electron chi connectivity index (χ2n) is 6.01. The molecule has 104 valence electrons. The summed E-state index contributed by atoms with van der Waals surface area (Å²) >= 11 is 0. The molecule has 2 nitrogen and oxygen atoms in total. The average Bonchev–Trinajstić information content (AvgIpc) is 2.83. The maximum absolute atomic E-state index is 6.12. The van der Waals surface area contributed by atoms with Crippen LogP contribution in [-0.2, 0) is 13.1 Å². The van der Waals surface area contributed by atoms with Gasteiger partial charge in [-0.2, -0.15) is 0 Å². The topological polar surface area (TPSA) is 29.3 Å². The molecule has 1 aliphatic rings. The van der Waals surface area contributed by atoms with Crippen LogP contribution in [0.5, 0.6) is 0 Å². The van der Waals surface area contributed by atoms with Gasteiger partial charge in [0.2, 0.25) is 0 Å². The van der Waals surface area contributed by atoms with Crippen molar-refractivity contribution in [3.05, 3.63) is 58.7 Å². The molecule has 0 amide bonds. The molecule has 1 heterocycles. The van der Waals surface area contributed by atoms with E-state index in [1.807, 2.05) is 6.07 Å². The number of anilines is 2. The van der Waals surface area contributed by atoms with E-state index in [-0.39, 0.29) is 0 Å². The van der Waals surface area contributed by atoms with Gasteiger partial charge in [-0.05, 0) is 41.2 Å². The summed E-state index contributed by atoms with van der Waals surface area (Å²) in [5, 5.41) is 0. The lowest BCUT2D eigenvalue weighted by Gasteiger charge is -2.25. The number of hydrogen-bond acceptors (Lipinski definition) is 2. The minimum Gasteiger partial charge on any atom is -0.398 e. The number of aryl methyl sites for hydroxylation is 1. The first-order valence-electron chi connectivity index (χ1n) is 7.28. The second-order valence-corrected chi connectivity index (χ2v) is 6.01. The molecular weight excluding hydrogens is 244 g/mol. The summed E-state index contributed by atoms with van der Waals surface area (Å²) < 4.78 is 0. The molecule has 2 N–H and O–H groups in total. The van der Waals surface area contributed by atoms with E-state index in [0.717, 1.165) is 18.8 Å². The molecule has 0 saturated heterocycles. The molecule has 0 aliphatic carbocycles. The van der Waals surface area contributed by atoms with Crippen molar-refractivity contribution in [2.45, 2.75) is 39.8 Å². The van der Waals surface area contributed by atoms with Gasteiger partial charge in [0.1, 0.15) is 0 Å². The minimum atomic E-state index is 0.533. The maximum Gasteiger partial charge on any atom is 0.0457 e. The second kappa shape index (κ2) is 4.86. The smallest absolute Gasteiger partial charge is 0.0457 e. The number of fused-ring (bicyclic) bond motifs is 1. The third-order valence-electron chi connectivity index (χ3n) is 4.23. The predicted octanol–water partition coefficient (Wildman–Crippen LogP) is 4.22. The molecular formula is C18H22N2. The van der Waals surface area contributed by atoms with E-state index in [9.17, 15) is 0 Å². The van der Waals surface area contributed by atoms with Crippen molar-refractivity contribution < 1.29 is 0 Å². The van der Waals surface area contributed by atoms with E-state index in [0.29, 0.717) is 5.92 Å². The van der Waals surface area contributed by atoms with E-state index in [1.54, 1.807) is 0 Å². The van der Waals surface area contributed by atoms with Gasteiger partial charge in [-0.1, -0.05) is 44.2 Å². The number of nitrogens with two attached hydrogens (primary N) is 1. The number of nitrogen functional groups attached to an aromatic ring is 1. The fourth-order valence-corrected chi connectivity index (χ4v) is 3.19. The highest BCUT2D eigenvalue weighted by atomic mass is 15.2. The van der Waals surface area contributed by atoms with Gasteiger partial charge < -0.3 is 10.6 Å². The van der Waals surface area contributed by atoms with Crippen molar-refractivity contribution in [1.29, 1.82) is 0 Å². The van der Waals surface area contributed by atoms with Crippen molar-refractivity contribution in [3.63, 3.8) is 0 Å². The average molecular weight is 266 g/mol. The Kier molecular flexibility index (Phi) is 3.17. The Morgan fingerprint density at radius 1 is 1.05 bits per heavy atom. The van der Waals surface area contributed by atoms with E-state index in [1.165, 1.54) is 27.9 Å². The van der Waals surface area contributed by atoms with Crippen LogP contribution in [0.3, 0.4) is 0 Å². The van der Waals surface area contributed by atoms with Crippen molar-refractivity contribution in [1.82, 2.24) is 0 Å². The predicted molar refractivity (Wildman–Crippen MR) is 86.0 cm³/mol. The molecule has 0 saturated carbocycles. The molecule has 3 rings (SSSR count). The van der Waals surface area contributed by atoms with E-state index in [4.69, 9.17) is 5.73 Å². The molecule has 2 aromatic rings. The Hall–Kier alpha value is -1.96. The lowest BCUT2D eigenvalue weighted by molar-refractivity contribution is 0.816. The summed E-state index contributed by atoms with van der Waals surface area (Å²) in [6, 6.07) is 12.9. The molecule has 0 aromatic heterocycles. The van der Waals surface area contributed by atoms with Gasteiger partial charge >= 0.3 is 0 Å². The van der Waals surface area contributed by atoms with Crippen LogP contribution in [0.4, 0.5) is 11.4 Å². The molecule has 0 spiro atoms. The molecule has 0 radical (unpaired) electrons. The summed E-state index contributed by atoms with van der Waals surface area (Å²) in [6.45, 7) is 8.61. The van der Waals surface area contributed by atoms with Crippen LogP contribution in [0.1, 0.15) is 42.0 Å². The first kappa shape index (κ1) is 13.0. The van der Waals surface area contributed by atoms with Crippen molar-refractivity contribution >= 4 is 11.4 Å². The number of hydrogen-bond donors (Lipinski definition) is 1. The Balaban J connectivity index is 2.03. The summed E-state index contributed by atoms with van der Waals surface area (Å²) in [5.74, 6) is 0.533. The van der Waals surface area contributed by atoms with E-state index < -0.39 is 0 Å². The van der Waals surface area contributed by atoms with Crippen LogP contribution in [-0.4, -0.2) is 0 Å². The minimum absolute atomic E-state index is 0.533. The molecule has 1 aliphatic heterocycles. The number of para-hydroxylation sites is 1. The normalized spacial score (nSPS) is 13.9. The molecule has 2 aromatic carbocycles. The van der Waals surface area contributed by atoms with Gasteiger partial charge in [0.15, 0.2) is 0 Å². The molecule has 2 heteroatoms.